The van der Waals surface area contributed by atoms with Gasteiger partial charge in [0.05, 0.1) is 13.2 Å². The molecule has 0 aromatic rings. The molecule has 0 bridgehead atoms. The van der Waals surface area contributed by atoms with Gasteiger partial charge in [-0.3, -0.25) is 0 Å². The molecule has 0 rings (SSSR count). The first-order valence-electron chi connectivity index (χ1n) is 1.71. The molecule has 0 aliphatic carbocycles. The molecule has 0 aromatic heterocycles. The summed E-state index contributed by atoms with van der Waals surface area (Å²) >= 11 is 0. The Bertz CT molecular complexity index is 25.2. The molecular weight excluding hydrogens is 86.0 g/mol. The highest BCUT2D eigenvalue weighted by molar-refractivity contribution is 4.43. The third kappa shape index (κ3) is 2.14. The van der Waals surface area contributed by atoms with Gasteiger partial charge in [-0.15, -0.1) is 0 Å². The predicted octanol–water partition coefficient (Wildman–Crippen LogP) is -1.67. The summed E-state index contributed by atoms with van der Waals surface area (Å²) in [6.45, 7) is -0.729. The highest BCUT2D eigenvalue weighted by Gasteiger charge is 1.93. The van der Waals surface area contributed by atoms with Crippen LogP contribution in [0, 0.1) is 0 Å². The lowest BCUT2D eigenvalue weighted by atomic mass is 10.4. The molecule has 0 heterocycles. The fraction of sp³-hybridized carbons (Fsp3) is 1.00. The van der Waals surface area contributed by atoms with E-state index in [2.05, 4.69) is 0 Å². The van der Waals surface area contributed by atoms with Gasteiger partial charge in [0.25, 0.3) is 0 Å². The van der Waals surface area contributed by atoms with Crippen LogP contribution >= 0.6 is 0 Å². The highest BCUT2D eigenvalue weighted by Crippen LogP contribution is 1.71. The number of rotatable bonds is 2. The number of aliphatic hydroxyl groups is 3. The average Bonchev–Trinajstić information content (AvgIpc) is 1.65. The molecule has 0 aliphatic rings. The first kappa shape index (κ1) is 5.88. The summed E-state index contributed by atoms with van der Waals surface area (Å²) < 4.78 is 0. The van der Waals surface area contributed by atoms with E-state index in [0.29, 0.717) is 0 Å². The van der Waals surface area contributed by atoms with Crippen LogP contribution in [-0.2, 0) is 0 Å². The third-order valence-corrected chi connectivity index (χ3v) is 0.421. The van der Waals surface area contributed by atoms with Crippen molar-refractivity contribution in [3.05, 3.63) is 0 Å². The molecule has 0 unspecified atom stereocenters. The Morgan fingerprint density at radius 1 is 1.67 bits per heavy atom. The van der Waals surface area contributed by atoms with E-state index in [4.69, 9.17) is 15.3 Å². The minimum atomic E-state index is -0.954. The average molecular weight is 94.1 g/mol. The molecule has 3 N–H and O–H groups in total. The Hall–Kier alpha value is -0.120. The zero-order valence-electron chi connectivity index (χ0n) is 3.33. The Morgan fingerprint density at radius 3 is 2.17 bits per heavy atom. The van der Waals surface area contributed by atoms with Crippen molar-refractivity contribution in [3.8, 4) is 0 Å². The van der Waals surface area contributed by atoms with E-state index in [0.717, 1.165) is 0 Å². The van der Waals surface area contributed by atoms with Gasteiger partial charge in [0.15, 0.2) is 0 Å². The summed E-state index contributed by atoms with van der Waals surface area (Å²) in [6, 6.07) is 0. The predicted molar refractivity (Wildman–Crippen MR) is 20.2 cm³/mol. The van der Waals surface area contributed by atoms with Crippen molar-refractivity contribution in [1.29, 1.82) is 0 Å². The second kappa shape index (κ2) is 3.08. The molecule has 0 saturated heterocycles. The van der Waals surface area contributed by atoms with E-state index in [1.54, 1.807) is 0 Å². The zero-order chi connectivity index (χ0) is 4.99. The van der Waals surface area contributed by atoms with Crippen molar-refractivity contribution in [1.82, 2.24) is 0 Å². The topological polar surface area (TPSA) is 60.7 Å². The van der Waals surface area contributed by atoms with E-state index in [1.165, 1.54) is 0 Å². The lowest BCUT2D eigenvalue weighted by Crippen LogP contribution is -2.15. The van der Waals surface area contributed by atoms with Gasteiger partial charge in [-0.2, -0.15) is 0 Å². The second-order valence-corrected chi connectivity index (χ2v) is 1.02. The van der Waals surface area contributed by atoms with Crippen LogP contribution in [0.3, 0.4) is 0 Å². The molecule has 0 aliphatic heterocycles. The van der Waals surface area contributed by atoms with Gasteiger partial charge >= 0.3 is 0 Å². The van der Waals surface area contributed by atoms with Gasteiger partial charge in [0, 0.05) is 0 Å². The maximum Gasteiger partial charge on any atom is 0.100 e. The van der Waals surface area contributed by atoms with E-state index in [-0.39, 0.29) is 13.2 Å². The fourth-order valence-corrected chi connectivity index (χ4v) is 0.0577. The summed E-state index contributed by atoms with van der Waals surface area (Å²) in [6.07, 6.45) is -0.954. The zero-order valence-corrected chi connectivity index (χ0v) is 3.33. The van der Waals surface area contributed by atoms with Crippen molar-refractivity contribution < 1.29 is 15.3 Å². The van der Waals surface area contributed by atoms with Crippen molar-refractivity contribution in [2.45, 2.75) is 6.10 Å². The van der Waals surface area contributed by atoms with Crippen LogP contribution in [0.15, 0.2) is 0 Å². The van der Waals surface area contributed by atoms with Crippen molar-refractivity contribution in [3.63, 3.8) is 0 Å². The number of hydrogen-bond donors (Lipinski definition) is 3. The Labute approximate surface area is 35.9 Å². The molecule has 3 nitrogen and oxygen atoms in total. The first-order valence-corrected chi connectivity index (χ1v) is 1.71. The maximum atomic E-state index is 8.17. The molecule has 0 fully saturated rings. The van der Waals surface area contributed by atoms with Gasteiger partial charge in [-0.1, -0.05) is 0 Å². The van der Waals surface area contributed by atoms with Crippen LogP contribution < -0.4 is 0 Å². The van der Waals surface area contributed by atoms with Crippen LogP contribution in [0.2, 0.25) is 0 Å². The molecule has 0 spiro atoms. The number of hydrogen-bond acceptors (Lipinski definition) is 3. The quantitative estimate of drug-likeness (QED) is 0.359. The van der Waals surface area contributed by atoms with Crippen LogP contribution in [0.25, 0.3) is 0 Å². The fourth-order valence-electron chi connectivity index (χ4n) is 0.0577. The van der Waals surface area contributed by atoms with E-state index >= 15 is 0 Å². The van der Waals surface area contributed by atoms with Crippen LogP contribution in [0.1, 0.15) is 0 Å². The largest absolute Gasteiger partial charge is 0.394 e. The molecule has 38 valence electrons. The highest BCUT2D eigenvalue weighted by atomic mass is 18.2. The smallest absolute Gasteiger partial charge is 0.100 e. The molecule has 3 heteroatoms. The lowest BCUT2D eigenvalue weighted by Gasteiger charge is -1.96. The van der Waals surface area contributed by atoms with E-state index in [9.17, 15) is 0 Å². The standard InChI is InChI=1S/C3H8O3/c4-1-3(6)2-5/h3-6H,1-2H2/i4+2/t3-/m1/s1. The van der Waals surface area contributed by atoms with Gasteiger partial charge < -0.3 is 15.3 Å². The van der Waals surface area contributed by atoms with E-state index in [1.807, 2.05) is 0 Å². The van der Waals surface area contributed by atoms with Gasteiger partial charge in [-0.05, 0) is 0 Å². The van der Waals surface area contributed by atoms with Crippen LogP contribution in [-0.4, -0.2) is 34.6 Å². The molecule has 0 amide bonds. The molecule has 1 atom stereocenters. The summed E-state index contributed by atoms with van der Waals surface area (Å²) in [5, 5.41) is 24.0. The Balaban J connectivity index is 2.75. The van der Waals surface area contributed by atoms with Crippen LogP contribution in [0.4, 0.5) is 0 Å². The minimum Gasteiger partial charge on any atom is -0.394 e. The molecule has 0 radical (unpaired) electrons. The first-order chi connectivity index (χ1) is 2.81. The molecule has 0 aromatic carbocycles. The summed E-state index contributed by atoms with van der Waals surface area (Å²) in [5.41, 5.74) is 0. The molecular formula is C3H8O3. The van der Waals surface area contributed by atoms with Crippen molar-refractivity contribution >= 4 is 0 Å². The van der Waals surface area contributed by atoms with Gasteiger partial charge in [0.1, 0.15) is 6.10 Å². The summed E-state index contributed by atoms with van der Waals surface area (Å²) in [7, 11) is 0. The van der Waals surface area contributed by atoms with Gasteiger partial charge in [-0.25, -0.2) is 0 Å². The third-order valence-electron chi connectivity index (χ3n) is 0.421. The maximum absolute atomic E-state index is 8.17. The summed E-state index contributed by atoms with van der Waals surface area (Å²) in [4.78, 5) is 0. The van der Waals surface area contributed by atoms with Crippen molar-refractivity contribution in [2.24, 2.45) is 0 Å². The second-order valence-electron chi connectivity index (χ2n) is 1.02. The van der Waals surface area contributed by atoms with Crippen molar-refractivity contribution in [2.75, 3.05) is 13.2 Å². The van der Waals surface area contributed by atoms with Gasteiger partial charge in [0.2, 0.25) is 0 Å². The Kier molecular flexibility index (Phi) is 3.02. The Morgan fingerprint density at radius 2 is 2.17 bits per heavy atom. The number of aliphatic hydroxyl groups excluding tert-OH is 3. The lowest BCUT2D eigenvalue weighted by molar-refractivity contribution is 0.0450. The molecule has 6 heavy (non-hydrogen) atoms. The molecule has 0 saturated carbocycles. The van der Waals surface area contributed by atoms with E-state index < -0.39 is 6.10 Å². The monoisotopic (exact) mass is 94.1 g/mol. The van der Waals surface area contributed by atoms with Crippen LogP contribution in [0.5, 0.6) is 0 Å². The summed E-state index contributed by atoms with van der Waals surface area (Å²) in [5.74, 6) is 0. The minimum absolute atomic E-state index is 0.365. The normalized spacial score (nSPS) is 14.5. The SMILES string of the molecule is OC[C@H](O)C[18OH].